The highest BCUT2D eigenvalue weighted by molar-refractivity contribution is 7.80. The number of aryl methyl sites for hydroxylation is 2. The first-order chi connectivity index (χ1) is 11.5. The van der Waals surface area contributed by atoms with Crippen LogP contribution in [0.5, 0.6) is 11.5 Å². The van der Waals surface area contributed by atoms with Gasteiger partial charge in [-0.2, -0.15) is 0 Å². The third kappa shape index (κ3) is 4.17. The van der Waals surface area contributed by atoms with Crippen LogP contribution in [-0.2, 0) is 6.54 Å². The van der Waals surface area contributed by atoms with Crippen LogP contribution >= 0.6 is 12.2 Å². The highest BCUT2D eigenvalue weighted by atomic mass is 32.1. The summed E-state index contributed by atoms with van der Waals surface area (Å²) in [7, 11) is 5.24. The van der Waals surface area contributed by atoms with Gasteiger partial charge in [0.05, 0.1) is 14.2 Å². The SMILES string of the molecule is COc1cccc(CN(C)C(=S)Nc2cc(C)ccc2C)c1OC. The highest BCUT2D eigenvalue weighted by Crippen LogP contribution is 2.31. The van der Waals surface area contributed by atoms with Gasteiger partial charge in [0.2, 0.25) is 0 Å². The van der Waals surface area contributed by atoms with Crippen LogP contribution in [0.25, 0.3) is 0 Å². The van der Waals surface area contributed by atoms with Gasteiger partial charge in [0.1, 0.15) is 0 Å². The van der Waals surface area contributed by atoms with Gasteiger partial charge in [-0.25, -0.2) is 0 Å². The maximum atomic E-state index is 5.54. The zero-order chi connectivity index (χ0) is 17.7. The Morgan fingerprint density at radius 3 is 2.54 bits per heavy atom. The maximum Gasteiger partial charge on any atom is 0.173 e. The van der Waals surface area contributed by atoms with E-state index in [9.17, 15) is 0 Å². The van der Waals surface area contributed by atoms with Gasteiger partial charge >= 0.3 is 0 Å². The average molecular weight is 344 g/mol. The summed E-state index contributed by atoms with van der Waals surface area (Å²) in [5, 5.41) is 3.98. The number of anilines is 1. The second-order valence-corrected chi connectivity index (χ2v) is 6.14. The van der Waals surface area contributed by atoms with Crippen molar-refractivity contribution < 1.29 is 9.47 Å². The third-order valence-corrected chi connectivity index (χ3v) is 4.29. The molecule has 0 aliphatic rings. The number of nitrogens with one attached hydrogen (secondary N) is 1. The first-order valence-corrected chi connectivity index (χ1v) is 8.16. The van der Waals surface area contributed by atoms with Crippen LogP contribution in [0.2, 0.25) is 0 Å². The van der Waals surface area contributed by atoms with Crippen molar-refractivity contribution in [3.05, 3.63) is 53.1 Å². The minimum absolute atomic E-state index is 0.622. The highest BCUT2D eigenvalue weighted by Gasteiger charge is 2.13. The van der Waals surface area contributed by atoms with Crippen molar-refractivity contribution >= 4 is 23.0 Å². The number of nitrogens with zero attached hydrogens (tertiary/aromatic N) is 1. The van der Waals surface area contributed by atoms with Crippen LogP contribution in [0.1, 0.15) is 16.7 Å². The maximum absolute atomic E-state index is 5.54. The molecule has 128 valence electrons. The number of methoxy groups -OCH3 is 2. The summed E-state index contributed by atoms with van der Waals surface area (Å²) >= 11 is 5.54. The normalized spacial score (nSPS) is 10.2. The fraction of sp³-hybridized carbons (Fsp3) is 0.316. The molecule has 0 fully saturated rings. The largest absolute Gasteiger partial charge is 0.493 e. The number of ether oxygens (including phenoxy) is 2. The van der Waals surface area contributed by atoms with Crippen molar-refractivity contribution in [2.45, 2.75) is 20.4 Å². The van der Waals surface area contributed by atoms with Gasteiger partial charge in [-0.05, 0) is 49.3 Å². The summed E-state index contributed by atoms with van der Waals surface area (Å²) in [6.07, 6.45) is 0. The molecule has 4 nitrogen and oxygen atoms in total. The number of thiocarbonyl (C=S) groups is 1. The summed E-state index contributed by atoms with van der Waals surface area (Å²) in [6, 6.07) is 12.1. The second-order valence-electron chi connectivity index (χ2n) is 5.76. The van der Waals surface area contributed by atoms with E-state index in [0.29, 0.717) is 11.7 Å². The van der Waals surface area contributed by atoms with Crippen LogP contribution in [-0.4, -0.2) is 31.3 Å². The van der Waals surface area contributed by atoms with Gasteiger partial charge in [-0.1, -0.05) is 24.3 Å². The topological polar surface area (TPSA) is 33.7 Å². The number of para-hydroxylation sites is 1. The monoisotopic (exact) mass is 344 g/mol. The summed E-state index contributed by atoms with van der Waals surface area (Å²) < 4.78 is 10.8. The molecule has 0 aromatic heterocycles. The number of rotatable bonds is 5. The van der Waals surface area contributed by atoms with Crippen LogP contribution < -0.4 is 14.8 Å². The molecule has 2 aromatic rings. The second kappa shape index (κ2) is 8.02. The van der Waals surface area contributed by atoms with E-state index in [4.69, 9.17) is 21.7 Å². The van der Waals surface area contributed by atoms with Crippen molar-refractivity contribution in [1.82, 2.24) is 4.90 Å². The molecule has 0 amide bonds. The zero-order valence-electron chi connectivity index (χ0n) is 14.8. The molecule has 0 aliphatic heterocycles. The summed E-state index contributed by atoms with van der Waals surface area (Å²) in [4.78, 5) is 1.98. The Bertz CT molecular complexity index is 731. The Balaban J connectivity index is 2.13. The summed E-state index contributed by atoms with van der Waals surface area (Å²) in [5.41, 5.74) is 4.41. The fourth-order valence-electron chi connectivity index (χ4n) is 2.49. The minimum Gasteiger partial charge on any atom is -0.493 e. The molecule has 24 heavy (non-hydrogen) atoms. The molecule has 5 heteroatoms. The van der Waals surface area contributed by atoms with E-state index in [1.807, 2.05) is 30.1 Å². The summed E-state index contributed by atoms with van der Waals surface area (Å²) in [6.45, 7) is 4.75. The predicted molar refractivity (Wildman–Crippen MR) is 103 cm³/mol. The Kier molecular flexibility index (Phi) is 6.04. The predicted octanol–water partition coefficient (Wildman–Crippen LogP) is 4.15. The van der Waals surface area contributed by atoms with Crippen LogP contribution in [0.3, 0.4) is 0 Å². The fourth-order valence-corrected chi connectivity index (χ4v) is 2.66. The molecule has 0 spiro atoms. The van der Waals surface area contributed by atoms with Crippen LogP contribution in [0, 0.1) is 13.8 Å². The minimum atomic E-state index is 0.622. The van der Waals surface area contributed by atoms with Crippen molar-refractivity contribution in [1.29, 1.82) is 0 Å². The van der Waals surface area contributed by atoms with Gasteiger partial charge < -0.3 is 19.7 Å². The van der Waals surface area contributed by atoms with Crippen molar-refractivity contribution in [3.8, 4) is 11.5 Å². The zero-order valence-corrected chi connectivity index (χ0v) is 15.7. The van der Waals surface area contributed by atoms with E-state index in [2.05, 4.69) is 37.4 Å². The van der Waals surface area contributed by atoms with E-state index in [1.54, 1.807) is 14.2 Å². The van der Waals surface area contributed by atoms with Gasteiger partial charge in [0.15, 0.2) is 16.6 Å². The number of hydrogen-bond acceptors (Lipinski definition) is 3. The van der Waals surface area contributed by atoms with Crippen molar-refractivity contribution in [3.63, 3.8) is 0 Å². The quantitative estimate of drug-likeness (QED) is 0.824. The molecule has 0 unspecified atom stereocenters. The molecular formula is C19H24N2O2S. The lowest BCUT2D eigenvalue weighted by Crippen LogP contribution is -2.31. The number of hydrogen-bond donors (Lipinski definition) is 1. The third-order valence-electron chi connectivity index (χ3n) is 3.87. The summed E-state index contributed by atoms with van der Waals surface area (Å²) in [5.74, 6) is 1.46. The van der Waals surface area contributed by atoms with Crippen molar-refractivity contribution in [2.24, 2.45) is 0 Å². The molecule has 0 atom stereocenters. The lowest BCUT2D eigenvalue weighted by molar-refractivity contribution is 0.347. The molecule has 0 radical (unpaired) electrons. The van der Waals surface area contributed by atoms with Crippen LogP contribution in [0.4, 0.5) is 5.69 Å². The Labute approximate surface area is 149 Å². The lowest BCUT2D eigenvalue weighted by Gasteiger charge is -2.23. The Morgan fingerprint density at radius 1 is 1.12 bits per heavy atom. The Morgan fingerprint density at radius 2 is 1.88 bits per heavy atom. The van der Waals surface area contributed by atoms with Gasteiger partial charge in [-0.15, -0.1) is 0 Å². The van der Waals surface area contributed by atoms with E-state index in [1.165, 1.54) is 5.56 Å². The molecule has 0 aliphatic carbocycles. The number of benzene rings is 2. The van der Waals surface area contributed by atoms with Crippen molar-refractivity contribution in [2.75, 3.05) is 26.6 Å². The van der Waals surface area contributed by atoms with Gasteiger partial charge in [0.25, 0.3) is 0 Å². The van der Waals surface area contributed by atoms with E-state index in [-0.39, 0.29) is 0 Å². The molecular weight excluding hydrogens is 320 g/mol. The van der Waals surface area contributed by atoms with E-state index in [0.717, 1.165) is 28.3 Å². The van der Waals surface area contributed by atoms with Gasteiger partial charge in [-0.3, -0.25) is 0 Å². The molecule has 0 saturated heterocycles. The molecule has 2 rings (SSSR count). The van der Waals surface area contributed by atoms with Crippen LogP contribution in [0.15, 0.2) is 36.4 Å². The molecule has 0 heterocycles. The molecule has 1 N–H and O–H groups in total. The van der Waals surface area contributed by atoms with E-state index < -0.39 is 0 Å². The molecule has 0 bridgehead atoms. The van der Waals surface area contributed by atoms with Gasteiger partial charge in [0, 0.05) is 24.8 Å². The first-order valence-electron chi connectivity index (χ1n) is 7.75. The molecule has 0 saturated carbocycles. The lowest BCUT2D eigenvalue weighted by atomic mass is 10.1. The Hall–Kier alpha value is -2.27. The standard InChI is InChI=1S/C19H24N2O2S/c1-13-9-10-14(2)16(11-13)20-19(24)21(3)12-15-7-6-8-17(22-4)18(15)23-5/h6-11H,12H2,1-5H3,(H,20,24). The van der Waals surface area contributed by atoms with E-state index >= 15 is 0 Å². The first kappa shape index (κ1) is 18.1. The average Bonchev–Trinajstić information content (AvgIpc) is 2.57. The molecule has 2 aromatic carbocycles. The smallest absolute Gasteiger partial charge is 0.173 e.